The lowest BCUT2D eigenvalue weighted by Crippen LogP contribution is -2.29. The minimum Gasteiger partial charge on any atom is -0.544 e. The quantitative estimate of drug-likeness (QED) is 0.247. The number of non-ortho nitro benzene ring substituents is 1. The van der Waals surface area contributed by atoms with Crippen LogP contribution in [0.15, 0.2) is 48.5 Å². The van der Waals surface area contributed by atoms with Gasteiger partial charge in [0, 0.05) is 12.1 Å². The van der Waals surface area contributed by atoms with Gasteiger partial charge in [-0.3, -0.25) is 10.1 Å². The van der Waals surface area contributed by atoms with E-state index in [2.05, 4.69) is 19.6 Å². The predicted molar refractivity (Wildman–Crippen MR) is 94.3 cm³/mol. The van der Waals surface area contributed by atoms with E-state index in [4.69, 9.17) is 13.9 Å². The lowest BCUT2D eigenvalue weighted by atomic mass is 10.2. The van der Waals surface area contributed by atoms with E-state index in [1.54, 1.807) is 0 Å². The summed E-state index contributed by atoms with van der Waals surface area (Å²) in [5, 5.41) is 10.6. The van der Waals surface area contributed by atoms with Crippen molar-refractivity contribution in [2.75, 3.05) is 0 Å². The number of nitro benzene ring substituents is 1. The number of hydrogen-bond donors (Lipinski definition) is 0. The first-order valence-electron chi connectivity index (χ1n) is 7.60. The number of nitrogens with zero attached hydrogens (tertiary/aromatic N) is 1. The van der Waals surface area contributed by atoms with E-state index < -0.39 is 19.4 Å². The number of benzene rings is 2. The van der Waals surface area contributed by atoms with Gasteiger partial charge in [0.1, 0.15) is 18.1 Å². The van der Waals surface area contributed by atoms with E-state index in [0.717, 1.165) is 11.3 Å². The second-order valence-corrected chi connectivity index (χ2v) is 10.7. The summed E-state index contributed by atoms with van der Waals surface area (Å²) in [6.45, 7) is 6.34. The van der Waals surface area contributed by atoms with Gasteiger partial charge in [0.2, 0.25) is 8.32 Å². The van der Waals surface area contributed by atoms with Crippen LogP contribution in [0.2, 0.25) is 19.6 Å². The molecule has 0 spiro atoms. The third-order valence-corrected chi connectivity index (χ3v) is 3.80. The summed E-state index contributed by atoms with van der Waals surface area (Å²) in [7, 11) is -1.65. The van der Waals surface area contributed by atoms with Gasteiger partial charge in [0.15, 0.2) is 0 Å². The number of carbonyl (C=O) groups is 1. The molecule has 0 atom stereocenters. The molecule has 0 aromatic heterocycles. The Balaban J connectivity index is 1.84. The Hall–Kier alpha value is -2.87. The molecular formula is C17H19NO6Si. The van der Waals surface area contributed by atoms with E-state index in [-0.39, 0.29) is 18.0 Å². The van der Waals surface area contributed by atoms with Crippen molar-refractivity contribution in [1.82, 2.24) is 0 Å². The summed E-state index contributed by atoms with van der Waals surface area (Å²) in [6.07, 6.45) is -0.878. The van der Waals surface area contributed by atoms with Gasteiger partial charge in [0.25, 0.3) is 5.69 Å². The van der Waals surface area contributed by atoms with E-state index in [1.807, 2.05) is 24.3 Å². The summed E-state index contributed by atoms with van der Waals surface area (Å²) in [5.74, 6) is 0.964. The van der Waals surface area contributed by atoms with Gasteiger partial charge in [-0.2, -0.15) is 0 Å². The van der Waals surface area contributed by atoms with Crippen molar-refractivity contribution in [3.05, 3.63) is 64.2 Å². The van der Waals surface area contributed by atoms with Crippen LogP contribution in [-0.2, 0) is 11.3 Å². The Morgan fingerprint density at radius 2 is 1.56 bits per heavy atom. The minimum absolute atomic E-state index is 0.0546. The summed E-state index contributed by atoms with van der Waals surface area (Å²) < 4.78 is 15.8. The highest BCUT2D eigenvalue weighted by Gasteiger charge is 2.16. The average Bonchev–Trinajstić information content (AvgIpc) is 2.53. The maximum atomic E-state index is 11.7. The molecule has 0 aliphatic rings. The van der Waals surface area contributed by atoms with Crippen LogP contribution in [0, 0.1) is 10.1 Å². The third kappa shape index (κ3) is 6.26. The minimum atomic E-state index is -1.65. The van der Waals surface area contributed by atoms with Crippen LogP contribution < -0.4 is 9.16 Å². The van der Waals surface area contributed by atoms with Gasteiger partial charge in [-0.1, -0.05) is 12.1 Å². The van der Waals surface area contributed by atoms with Crippen molar-refractivity contribution < 1.29 is 23.6 Å². The first-order chi connectivity index (χ1) is 11.7. The SMILES string of the molecule is C[Si](C)(C)Oc1ccc(COC(=O)Oc2ccc([N+](=O)[O-])cc2)cc1. The van der Waals surface area contributed by atoms with Gasteiger partial charge in [-0.25, -0.2) is 4.79 Å². The fourth-order valence-corrected chi connectivity index (χ4v) is 2.75. The van der Waals surface area contributed by atoms with E-state index in [1.165, 1.54) is 24.3 Å². The fourth-order valence-electron chi connectivity index (χ4n) is 1.91. The highest BCUT2D eigenvalue weighted by atomic mass is 28.4. The molecule has 0 aliphatic heterocycles. The lowest BCUT2D eigenvalue weighted by Gasteiger charge is -2.19. The molecule has 8 heteroatoms. The summed E-state index contributed by atoms with van der Waals surface area (Å²) in [6, 6.07) is 12.5. The molecule has 0 amide bonds. The molecule has 132 valence electrons. The molecule has 2 rings (SSSR count). The summed E-state index contributed by atoms with van der Waals surface area (Å²) in [5.41, 5.74) is 0.713. The molecule has 0 saturated carbocycles. The standard InChI is InChI=1S/C17H19NO6Si/c1-25(2,3)24-16-8-4-13(5-9-16)12-22-17(19)23-15-10-6-14(7-11-15)18(20)21/h4-11H,12H2,1-3H3. The Morgan fingerprint density at radius 3 is 2.08 bits per heavy atom. The van der Waals surface area contributed by atoms with Crippen LogP contribution in [0.4, 0.5) is 10.5 Å². The lowest BCUT2D eigenvalue weighted by molar-refractivity contribution is -0.384. The van der Waals surface area contributed by atoms with Crippen molar-refractivity contribution in [1.29, 1.82) is 0 Å². The van der Waals surface area contributed by atoms with Crippen molar-refractivity contribution in [3.63, 3.8) is 0 Å². The number of ether oxygens (including phenoxy) is 2. The first kappa shape index (κ1) is 18.5. The molecule has 0 fully saturated rings. The Morgan fingerprint density at radius 1 is 1.00 bits per heavy atom. The summed E-state index contributed by atoms with van der Waals surface area (Å²) >= 11 is 0. The van der Waals surface area contributed by atoms with E-state index >= 15 is 0 Å². The highest BCUT2D eigenvalue weighted by molar-refractivity contribution is 6.70. The normalized spacial score (nSPS) is 10.8. The van der Waals surface area contributed by atoms with E-state index in [0.29, 0.717) is 0 Å². The number of hydrogen-bond acceptors (Lipinski definition) is 6. The molecule has 0 saturated heterocycles. The van der Waals surface area contributed by atoms with Crippen LogP contribution in [0.25, 0.3) is 0 Å². The molecule has 0 radical (unpaired) electrons. The van der Waals surface area contributed by atoms with Crippen LogP contribution in [0.1, 0.15) is 5.56 Å². The monoisotopic (exact) mass is 361 g/mol. The molecule has 25 heavy (non-hydrogen) atoms. The molecule has 0 unspecified atom stereocenters. The zero-order chi connectivity index (χ0) is 18.4. The molecule has 0 bridgehead atoms. The second-order valence-electron chi connectivity index (χ2n) is 6.25. The molecule has 0 N–H and O–H groups in total. The molecule has 7 nitrogen and oxygen atoms in total. The summed E-state index contributed by atoms with van der Waals surface area (Å²) in [4.78, 5) is 21.7. The van der Waals surface area contributed by atoms with Gasteiger partial charge in [0.05, 0.1) is 4.92 Å². The molecule has 2 aromatic rings. The predicted octanol–water partition coefficient (Wildman–Crippen LogP) is 4.52. The van der Waals surface area contributed by atoms with Gasteiger partial charge in [-0.05, 0) is 49.5 Å². The maximum Gasteiger partial charge on any atom is 0.514 e. The topological polar surface area (TPSA) is 87.9 Å². The molecule has 0 aliphatic carbocycles. The molecule has 0 heterocycles. The molecule has 2 aromatic carbocycles. The maximum absolute atomic E-state index is 11.7. The van der Waals surface area contributed by atoms with Crippen LogP contribution in [0.5, 0.6) is 11.5 Å². The number of rotatable bonds is 6. The largest absolute Gasteiger partial charge is 0.544 e. The van der Waals surface area contributed by atoms with Crippen molar-refractivity contribution in [3.8, 4) is 11.5 Å². The van der Waals surface area contributed by atoms with Gasteiger partial charge in [-0.15, -0.1) is 0 Å². The molecular weight excluding hydrogens is 342 g/mol. The Kier molecular flexibility index (Phi) is 5.76. The van der Waals surface area contributed by atoms with Crippen molar-refractivity contribution in [2.24, 2.45) is 0 Å². The number of nitro groups is 1. The van der Waals surface area contributed by atoms with E-state index in [9.17, 15) is 14.9 Å². The van der Waals surface area contributed by atoms with Crippen molar-refractivity contribution in [2.45, 2.75) is 26.2 Å². The van der Waals surface area contributed by atoms with Crippen LogP contribution in [-0.4, -0.2) is 19.4 Å². The zero-order valence-corrected chi connectivity index (χ0v) is 15.2. The second kappa shape index (κ2) is 7.80. The zero-order valence-electron chi connectivity index (χ0n) is 14.2. The fraction of sp³-hybridized carbons (Fsp3) is 0.235. The Labute approximate surface area is 146 Å². The number of carbonyl (C=O) groups excluding carboxylic acids is 1. The van der Waals surface area contributed by atoms with Crippen LogP contribution in [0.3, 0.4) is 0 Å². The van der Waals surface area contributed by atoms with Gasteiger partial charge >= 0.3 is 6.16 Å². The van der Waals surface area contributed by atoms with Gasteiger partial charge < -0.3 is 13.9 Å². The average molecular weight is 361 g/mol. The van der Waals surface area contributed by atoms with Crippen molar-refractivity contribution >= 4 is 20.2 Å². The third-order valence-electron chi connectivity index (χ3n) is 2.95. The highest BCUT2D eigenvalue weighted by Crippen LogP contribution is 2.19. The first-order valence-corrected chi connectivity index (χ1v) is 11.0. The Bertz CT molecular complexity index is 737. The van der Waals surface area contributed by atoms with Crippen LogP contribution >= 0.6 is 0 Å². The smallest absolute Gasteiger partial charge is 0.514 e.